The summed E-state index contributed by atoms with van der Waals surface area (Å²) in [5.74, 6) is 1.75. The molecule has 1 atom stereocenters. The highest BCUT2D eigenvalue weighted by Crippen LogP contribution is 2.63. The fourth-order valence-corrected chi connectivity index (χ4v) is 4.35. The zero-order chi connectivity index (χ0) is 19.2. The Balaban J connectivity index is 1.64. The third-order valence-corrected chi connectivity index (χ3v) is 5.81. The average molecular weight is 370 g/mol. The second-order valence-corrected chi connectivity index (χ2v) is 7.55. The third kappa shape index (κ3) is 2.34. The number of aromatic nitrogens is 2. The summed E-state index contributed by atoms with van der Waals surface area (Å²) in [6, 6.07) is 20.1. The number of amidine groups is 1. The number of hydrogen-bond donors (Lipinski definition) is 0. The van der Waals surface area contributed by atoms with Crippen LogP contribution in [0, 0.1) is 0 Å². The molecule has 0 amide bonds. The Hall–Kier alpha value is -3.28. The van der Waals surface area contributed by atoms with Crippen LogP contribution in [0.4, 0.5) is 0 Å². The van der Waals surface area contributed by atoms with Gasteiger partial charge in [0.1, 0.15) is 12.4 Å². The molecule has 0 N–H and O–H groups in total. The number of nitrogens with zero attached hydrogens (tertiary/aromatic N) is 6. The van der Waals surface area contributed by atoms with Crippen molar-refractivity contribution < 1.29 is 4.57 Å². The van der Waals surface area contributed by atoms with Gasteiger partial charge in [0.25, 0.3) is 5.82 Å². The number of imidazole rings is 1. The molecule has 2 aliphatic rings. The maximum absolute atomic E-state index is 4.86. The van der Waals surface area contributed by atoms with Gasteiger partial charge in [-0.3, -0.25) is 0 Å². The molecule has 5 rings (SSSR count). The summed E-state index contributed by atoms with van der Waals surface area (Å²) in [5, 5.41) is 14.0. The Morgan fingerprint density at radius 2 is 1.68 bits per heavy atom. The van der Waals surface area contributed by atoms with Crippen LogP contribution in [0.1, 0.15) is 29.8 Å². The normalized spacial score (nSPS) is 22.4. The van der Waals surface area contributed by atoms with Crippen LogP contribution < -0.4 is 4.57 Å². The summed E-state index contributed by atoms with van der Waals surface area (Å²) in [7, 11) is 4.15. The standard InChI is InChI=1S/C22H22N6/c1-27-15-16-28(2)20(27)21(13-14-21)22(18-11-7-4-8-12-18)25-23-19(24-26-22)17-9-5-3-6-10-17/h3-12,15-16H,13-14H2,1-2H3. The number of hydrogen-bond acceptors (Lipinski definition) is 3. The van der Waals surface area contributed by atoms with E-state index in [1.807, 2.05) is 48.5 Å². The number of benzene rings is 2. The fourth-order valence-electron chi connectivity index (χ4n) is 4.35. The van der Waals surface area contributed by atoms with Crippen LogP contribution >= 0.6 is 0 Å². The van der Waals surface area contributed by atoms with Gasteiger partial charge in [-0.15, -0.1) is 5.11 Å². The first-order valence-electron chi connectivity index (χ1n) is 9.51. The van der Waals surface area contributed by atoms with Gasteiger partial charge in [0, 0.05) is 5.56 Å². The maximum atomic E-state index is 4.86. The topological polar surface area (TPSA) is 60.0 Å². The van der Waals surface area contributed by atoms with Gasteiger partial charge in [0.05, 0.1) is 25.2 Å². The van der Waals surface area contributed by atoms with E-state index in [-0.39, 0.29) is 5.41 Å². The molecule has 28 heavy (non-hydrogen) atoms. The summed E-state index contributed by atoms with van der Waals surface area (Å²) in [4.78, 5) is 0. The molecule has 6 heteroatoms. The van der Waals surface area contributed by atoms with Crippen molar-refractivity contribution in [3.63, 3.8) is 0 Å². The minimum absolute atomic E-state index is 0.253. The highest BCUT2D eigenvalue weighted by atomic mass is 15.5. The highest BCUT2D eigenvalue weighted by molar-refractivity contribution is 6.00. The van der Waals surface area contributed by atoms with Gasteiger partial charge in [-0.1, -0.05) is 60.7 Å². The fraction of sp³-hybridized carbons (Fsp3) is 0.273. The van der Waals surface area contributed by atoms with Gasteiger partial charge in [0.2, 0.25) is 0 Å². The maximum Gasteiger partial charge on any atom is 0.263 e. The SMILES string of the molecule is Cn1cc[n+](C)c1C1(C2(c3ccccc3)N=NC(c3ccccc3)=N[N-]2)CC1. The quantitative estimate of drug-likeness (QED) is 0.625. The molecular formula is C22H22N6. The number of aryl methyl sites for hydroxylation is 2. The molecule has 0 radical (unpaired) electrons. The molecule has 1 aliphatic carbocycles. The monoisotopic (exact) mass is 370 g/mol. The average Bonchev–Trinajstić information content (AvgIpc) is 3.48. The zero-order valence-electron chi connectivity index (χ0n) is 16.0. The van der Waals surface area contributed by atoms with E-state index in [1.165, 1.54) is 5.82 Å². The van der Waals surface area contributed by atoms with E-state index in [1.54, 1.807) is 0 Å². The zero-order valence-corrected chi connectivity index (χ0v) is 16.0. The van der Waals surface area contributed by atoms with Crippen LogP contribution in [-0.2, 0) is 25.2 Å². The van der Waals surface area contributed by atoms with Crippen molar-refractivity contribution in [1.29, 1.82) is 0 Å². The van der Waals surface area contributed by atoms with Crippen LogP contribution in [0.15, 0.2) is 88.4 Å². The second-order valence-electron chi connectivity index (χ2n) is 7.55. The summed E-state index contributed by atoms with van der Waals surface area (Å²) < 4.78 is 4.33. The van der Waals surface area contributed by atoms with Crippen LogP contribution in [0.3, 0.4) is 0 Å². The van der Waals surface area contributed by atoms with Crippen molar-refractivity contribution in [1.82, 2.24) is 4.57 Å². The Labute approximate surface area is 164 Å². The van der Waals surface area contributed by atoms with Crippen molar-refractivity contribution in [2.24, 2.45) is 29.4 Å². The van der Waals surface area contributed by atoms with E-state index in [4.69, 9.17) is 10.5 Å². The Morgan fingerprint density at radius 1 is 1.00 bits per heavy atom. The lowest BCUT2D eigenvalue weighted by atomic mass is 9.82. The molecule has 1 aliphatic heterocycles. The predicted molar refractivity (Wildman–Crippen MR) is 107 cm³/mol. The molecule has 3 aromatic rings. The molecule has 6 nitrogen and oxygen atoms in total. The van der Waals surface area contributed by atoms with Crippen molar-refractivity contribution in [2.75, 3.05) is 0 Å². The minimum atomic E-state index is -0.851. The molecule has 1 saturated carbocycles. The van der Waals surface area contributed by atoms with Crippen molar-refractivity contribution in [3.8, 4) is 0 Å². The van der Waals surface area contributed by atoms with E-state index in [2.05, 4.69) is 58.0 Å². The Morgan fingerprint density at radius 3 is 2.21 bits per heavy atom. The molecule has 0 spiro atoms. The molecule has 2 heterocycles. The molecule has 1 unspecified atom stereocenters. The van der Waals surface area contributed by atoms with E-state index in [0.29, 0.717) is 5.84 Å². The largest absolute Gasteiger partial charge is 0.570 e. The first-order valence-corrected chi connectivity index (χ1v) is 9.51. The molecule has 140 valence electrons. The van der Waals surface area contributed by atoms with Crippen molar-refractivity contribution in [2.45, 2.75) is 23.9 Å². The van der Waals surface area contributed by atoms with Gasteiger partial charge in [-0.05, 0) is 18.4 Å². The number of rotatable bonds is 4. The Kier molecular flexibility index (Phi) is 3.69. The molecule has 0 saturated heterocycles. The third-order valence-electron chi connectivity index (χ3n) is 5.81. The molecule has 1 fully saturated rings. The summed E-state index contributed by atoms with van der Waals surface area (Å²) in [5.41, 5.74) is 5.70. The number of azo groups is 1. The lowest BCUT2D eigenvalue weighted by Crippen LogP contribution is -2.47. The van der Waals surface area contributed by atoms with Gasteiger partial charge >= 0.3 is 0 Å². The van der Waals surface area contributed by atoms with Gasteiger partial charge in [0.15, 0.2) is 5.84 Å². The smallest absolute Gasteiger partial charge is 0.263 e. The van der Waals surface area contributed by atoms with Gasteiger partial charge in [-0.25, -0.2) is 9.13 Å². The lowest BCUT2D eigenvalue weighted by molar-refractivity contribution is -0.681. The predicted octanol–water partition coefficient (Wildman–Crippen LogP) is 3.94. The van der Waals surface area contributed by atoms with Crippen LogP contribution in [0.5, 0.6) is 0 Å². The van der Waals surface area contributed by atoms with E-state index >= 15 is 0 Å². The molecule has 2 aromatic carbocycles. The highest BCUT2D eigenvalue weighted by Gasteiger charge is 2.63. The summed E-state index contributed by atoms with van der Waals surface area (Å²) in [6.07, 6.45) is 6.14. The van der Waals surface area contributed by atoms with Crippen molar-refractivity contribution >= 4 is 5.84 Å². The lowest BCUT2D eigenvalue weighted by Gasteiger charge is -2.47. The van der Waals surface area contributed by atoms with E-state index in [0.717, 1.165) is 24.0 Å². The first kappa shape index (κ1) is 16.9. The minimum Gasteiger partial charge on any atom is -0.570 e. The van der Waals surface area contributed by atoms with Gasteiger partial charge in [-0.2, -0.15) is 5.11 Å². The first-order chi connectivity index (χ1) is 13.7. The molecule has 0 bridgehead atoms. The van der Waals surface area contributed by atoms with E-state index < -0.39 is 5.66 Å². The van der Waals surface area contributed by atoms with Gasteiger partial charge < -0.3 is 10.5 Å². The van der Waals surface area contributed by atoms with Crippen molar-refractivity contribution in [3.05, 3.63) is 95.4 Å². The second kappa shape index (κ2) is 6.12. The molecule has 1 aromatic heterocycles. The van der Waals surface area contributed by atoms with Crippen LogP contribution in [-0.4, -0.2) is 10.4 Å². The Bertz CT molecular complexity index is 1040. The van der Waals surface area contributed by atoms with Crippen LogP contribution in [0.25, 0.3) is 5.43 Å². The molecular weight excluding hydrogens is 348 g/mol. The summed E-state index contributed by atoms with van der Waals surface area (Å²) >= 11 is 0. The van der Waals surface area contributed by atoms with Crippen LogP contribution in [0.2, 0.25) is 0 Å². The van der Waals surface area contributed by atoms with E-state index in [9.17, 15) is 0 Å². The summed E-state index contributed by atoms with van der Waals surface area (Å²) in [6.45, 7) is 0.